The molecule has 11 N–H and O–H groups in total. The molecule has 18 nitrogen and oxygen atoms in total. The van der Waals surface area contributed by atoms with Crippen LogP contribution in [0.15, 0.2) is 29.3 Å². The Kier molecular flexibility index (Phi) is 15.3. The van der Waals surface area contributed by atoms with Crippen molar-refractivity contribution < 1.29 is 48.9 Å². The predicted molar refractivity (Wildman–Crippen MR) is 175 cm³/mol. The maximum absolute atomic E-state index is 13.5. The zero-order chi connectivity index (χ0) is 36.8. The van der Waals surface area contributed by atoms with Crippen molar-refractivity contribution in [2.24, 2.45) is 22.4 Å². The highest BCUT2D eigenvalue weighted by atomic mass is 16.4. The topological polar surface area (TPSA) is 296 Å². The van der Waals surface area contributed by atoms with Crippen LogP contribution in [0.3, 0.4) is 0 Å². The fourth-order valence-corrected chi connectivity index (χ4v) is 5.28. The van der Waals surface area contributed by atoms with Crippen molar-refractivity contribution in [2.75, 3.05) is 13.1 Å². The molecular weight excluding hydrogens is 644 g/mol. The van der Waals surface area contributed by atoms with Crippen molar-refractivity contribution in [1.82, 2.24) is 26.2 Å². The van der Waals surface area contributed by atoms with Gasteiger partial charge in [-0.3, -0.25) is 33.8 Å². The minimum absolute atomic E-state index is 0.0253. The van der Waals surface area contributed by atoms with Crippen molar-refractivity contribution in [3.8, 4) is 5.75 Å². The van der Waals surface area contributed by atoms with Gasteiger partial charge in [-0.2, -0.15) is 0 Å². The van der Waals surface area contributed by atoms with Gasteiger partial charge in [0.1, 0.15) is 36.0 Å². The van der Waals surface area contributed by atoms with Crippen LogP contribution in [0, 0.1) is 5.92 Å². The number of nitrogens with one attached hydrogen (secondary N) is 4. The molecule has 0 aliphatic carbocycles. The number of aliphatic carboxylic acids is 2. The largest absolute Gasteiger partial charge is 0.508 e. The molecule has 0 unspecified atom stereocenters. The lowest BCUT2D eigenvalue weighted by atomic mass is 10.0. The molecule has 2 rings (SSSR count). The summed E-state index contributed by atoms with van der Waals surface area (Å²) >= 11 is 0. The quantitative estimate of drug-likeness (QED) is 0.0466. The van der Waals surface area contributed by atoms with Gasteiger partial charge in [-0.1, -0.05) is 26.0 Å². The summed E-state index contributed by atoms with van der Waals surface area (Å²) in [5.74, 6) is -7.22. The van der Waals surface area contributed by atoms with Crippen LogP contribution >= 0.6 is 0 Å². The number of likely N-dealkylation sites (tertiary alicyclic amines) is 1. The Bertz CT molecular complexity index is 1400. The van der Waals surface area contributed by atoms with Gasteiger partial charge in [0.05, 0.1) is 6.42 Å². The fourth-order valence-electron chi connectivity index (χ4n) is 5.28. The van der Waals surface area contributed by atoms with Gasteiger partial charge in [0.2, 0.25) is 29.5 Å². The summed E-state index contributed by atoms with van der Waals surface area (Å²) in [6.45, 7) is 4.77. The van der Waals surface area contributed by atoms with Crippen LogP contribution in [0.1, 0.15) is 58.4 Å². The third kappa shape index (κ3) is 13.0. The number of carbonyl (C=O) groups is 7. The third-order valence-electron chi connectivity index (χ3n) is 7.71. The van der Waals surface area contributed by atoms with Gasteiger partial charge >= 0.3 is 11.9 Å². The number of hydrogen-bond donors (Lipinski definition) is 9. The van der Waals surface area contributed by atoms with E-state index >= 15 is 0 Å². The number of rotatable bonds is 18. The Balaban J connectivity index is 2.18. The van der Waals surface area contributed by atoms with Crippen LogP contribution in [0.25, 0.3) is 0 Å². The summed E-state index contributed by atoms with van der Waals surface area (Å²) in [6.07, 6.45) is 0.143. The van der Waals surface area contributed by atoms with Gasteiger partial charge in [0, 0.05) is 26.4 Å². The maximum Gasteiger partial charge on any atom is 0.326 e. The highest BCUT2D eigenvalue weighted by Gasteiger charge is 2.39. The van der Waals surface area contributed by atoms with E-state index in [0.29, 0.717) is 18.4 Å². The number of carbonyl (C=O) groups excluding carboxylic acids is 5. The molecule has 0 saturated carbocycles. The summed E-state index contributed by atoms with van der Waals surface area (Å²) < 4.78 is 0. The lowest BCUT2D eigenvalue weighted by Gasteiger charge is -2.30. The Morgan fingerprint density at radius 3 is 2.12 bits per heavy atom. The number of phenolic OH excluding ortho intramolecular Hbond substituents is 1. The summed E-state index contributed by atoms with van der Waals surface area (Å²) in [4.78, 5) is 94.0. The standard InChI is InChI=1S/C31H46N8O10/c1-16(2)25(28(46)37-22(30(48)49)14-18-8-10-19(41)11-9-18)38-26(44)21(15-24(42)43)36-27(45)23-7-5-13-39(23)29(47)20(35-17(3)40)6-4-12-34-31(32)33/h8-11,16,20-23,25,41H,4-7,12-15H2,1-3H3,(H,35,40)(H,36,45)(H,37,46)(H,38,44)(H,42,43)(H,48,49)(H4,32,33,34)/t20-,21-,22+,23-,25-/m0/s1. The Labute approximate surface area is 283 Å². The average molecular weight is 691 g/mol. The molecule has 1 heterocycles. The first-order valence-electron chi connectivity index (χ1n) is 15.8. The van der Waals surface area contributed by atoms with E-state index < -0.39 is 84.0 Å². The van der Waals surface area contributed by atoms with Crippen LogP contribution in [0.5, 0.6) is 5.75 Å². The molecule has 1 aromatic rings. The van der Waals surface area contributed by atoms with E-state index in [1.807, 2.05) is 0 Å². The number of amides is 5. The van der Waals surface area contributed by atoms with E-state index in [-0.39, 0.29) is 44.1 Å². The van der Waals surface area contributed by atoms with Crippen LogP contribution in [-0.2, 0) is 40.0 Å². The van der Waals surface area contributed by atoms with Crippen LogP contribution in [-0.4, -0.2) is 111 Å². The molecule has 0 radical (unpaired) electrons. The Morgan fingerprint density at radius 1 is 0.918 bits per heavy atom. The second-order valence-electron chi connectivity index (χ2n) is 12.1. The lowest BCUT2D eigenvalue weighted by Crippen LogP contribution is -2.59. The number of carboxylic acid groups (broad SMARTS) is 2. The van der Waals surface area contributed by atoms with E-state index in [4.69, 9.17) is 11.5 Å². The zero-order valence-corrected chi connectivity index (χ0v) is 27.7. The molecule has 1 aliphatic rings. The molecule has 1 aliphatic heterocycles. The van der Waals surface area contributed by atoms with Crippen molar-refractivity contribution in [2.45, 2.75) is 89.5 Å². The van der Waals surface area contributed by atoms with Gasteiger partial charge in [0.15, 0.2) is 5.96 Å². The van der Waals surface area contributed by atoms with Gasteiger partial charge in [-0.25, -0.2) is 4.79 Å². The van der Waals surface area contributed by atoms with Gasteiger partial charge < -0.3 is 53.0 Å². The van der Waals surface area contributed by atoms with Crippen molar-refractivity contribution >= 4 is 47.4 Å². The number of nitrogens with two attached hydrogens (primary N) is 2. The number of aromatic hydroxyl groups is 1. The molecular formula is C31H46N8O10. The van der Waals surface area contributed by atoms with E-state index in [0.717, 1.165) is 0 Å². The first-order chi connectivity index (χ1) is 23.0. The van der Waals surface area contributed by atoms with E-state index in [9.17, 15) is 48.9 Å². The molecule has 5 atom stereocenters. The minimum Gasteiger partial charge on any atom is -0.508 e. The highest BCUT2D eigenvalue weighted by molar-refractivity contribution is 5.97. The van der Waals surface area contributed by atoms with E-state index in [1.165, 1.54) is 36.1 Å². The summed E-state index contributed by atoms with van der Waals surface area (Å²) in [7, 11) is 0. The number of hydrogen-bond acceptors (Lipinski definition) is 9. The second kappa shape index (κ2) is 18.8. The van der Waals surface area contributed by atoms with Gasteiger partial charge in [0.25, 0.3) is 0 Å². The molecule has 270 valence electrons. The van der Waals surface area contributed by atoms with E-state index in [2.05, 4.69) is 26.3 Å². The molecule has 1 aromatic carbocycles. The van der Waals surface area contributed by atoms with Crippen molar-refractivity contribution in [3.05, 3.63) is 29.8 Å². The highest BCUT2D eigenvalue weighted by Crippen LogP contribution is 2.20. The number of carboxylic acids is 2. The lowest BCUT2D eigenvalue weighted by molar-refractivity contribution is -0.144. The normalized spacial score (nSPS) is 16.4. The van der Waals surface area contributed by atoms with Gasteiger partial charge in [-0.15, -0.1) is 0 Å². The number of benzene rings is 1. The van der Waals surface area contributed by atoms with Crippen LogP contribution in [0.2, 0.25) is 0 Å². The van der Waals surface area contributed by atoms with Crippen LogP contribution in [0.4, 0.5) is 0 Å². The Hall–Kier alpha value is -5.42. The smallest absolute Gasteiger partial charge is 0.326 e. The predicted octanol–water partition coefficient (Wildman–Crippen LogP) is -1.85. The molecule has 5 amide bonds. The number of guanidine groups is 1. The van der Waals surface area contributed by atoms with Crippen LogP contribution < -0.4 is 32.7 Å². The second-order valence-corrected chi connectivity index (χ2v) is 12.1. The third-order valence-corrected chi connectivity index (χ3v) is 7.71. The summed E-state index contributed by atoms with van der Waals surface area (Å²) in [5.41, 5.74) is 11.2. The molecule has 0 aromatic heterocycles. The molecule has 1 saturated heterocycles. The first kappa shape index (κ1) is 39.8. The maximum atomic E-state index is 13.5. The minimum atomic E-state index is -1.66. The van der Waals surface area contributed by atoms with Crippen molar-refractivity contribution in [3.63, 3.8) is 0 Å². The molecule has 18 heteroatoms. The molecule has 0 spiro atoms. The molecule has 1 fully saturated rings. The first-order valence-corrected chi connectivity index (χ1v) is 15.8. The number of aliphatic imine (C=N–C) groups is 1. The fraction of sp³-hybridized carbons (Fsp3) is 0.548. The average Bonchev–Trinajstić information content (AvgIpc) is 3.50. The summed E-state index contributed by atoms with van der Waals surface area (Å²) in [5, 5.41) is 38.5. The molecule has 0 bridgehead atoms. The number of phenols is 1. The SMILES string of the molecule is CC(=O)N[C@@H](CCCN=C(N)N)C(=O)N1CCC[C@H]1C(=O)N[C@@H](CC(=O)O)C(=O)N[C@H](C(=O)N[C@H](Cc1ccc(O)cc1)C(=O)O)C(C)C. The number of nitrogens with zero attached hydrogens (tertiary/aromatic N) is 2. The molecule has 49 heavy (non-hydrogen) atoms. The van der Waals surface area contributed by atoms with E-state index in [1.54, 1.807) is 13.8 Å². The monoisotopic (exact) mass is 690 g/mol. The van der Waals surface area contributed by atoms with Gasteiger partial charge in [-0.05, 0) is 49.3 Å². The Morgan fingerprint density at radius 2 is 1.57 bits per heavy atom. The van der Waals surface area contributed by atoms with Crippen molar-refractivity contribution in [1.29, 1.82) is 0 Å². The summed E-state index contributed by atoms with van der Waals surface area (Å²) in [6, 6.07) is -0.730. The zero-order valence-electron chi connectivity index (χ0n) is 27.7.